The van der Waals surface area contributed by atoms with Crippen LogP contribution in [0, 0.1) is 5.92 Å². The average molecular weight is 222 g/mol. The number of alkyl halides is 1. The number of ether oxygens (including phenoxy) is 1. The minimum Gasteiger partial charge on any atom is -0.369 e. The van der Waals surface area contributed by atoms with Crippen molar-refractivity contribution in [3.05, 3.63) is 0 Å². The average Bonchev–Trinajstić information content (AvgIpc) is 2.34. The van der Waals surface area contributed by atoms with Gasteiger partial charge in [-0.15, -0.1) is 0 Å². The summed E-state index contributed by atoms with van der Waals surface area (Å²) in [6, 6.07) is 0. The minimum absolute atomic E-state index is 0.0864. The van der Waals surface area contributed by atoms with Crippen LogP contribution < -0.4 is 0 Å². The van der Waals surface area contributed by atoms with E-state index in [4.69, 9.17) is 16.5 Å². The second kappa shape index (κ2) is 5.55. The molecule has 1 rings (SSSR count). The Morgan fingerprint density at radius 1 is 1.62 bits per heavy atom. The lowest BCUT2D eigenvalue weighted by atomic mass is 10.0. The van der Waals surface area contributed by atoms with Gasteiger partial charge in [0, 0.05) is 17.6 Å². The molecule has 2 radical (unpaired) electrons. The summed E-state index contributed by atoms with van der Waals surface area (Å²) in [4.78, 5) is 0. The molecule has 0 aromatic carbocycles. The third-order valence-electron chi connectivity index (χ3n) is 2.27. The molecule has 0 N–H and O–H groups in total. The van der Waals surface area contributed by atoms with E-state index in [0.29, 0.717) is 6.61 Å². The van der Waals surface area contributed by atoms with Gasteiger partial charge in [0.2, 0.25) is 0 Å². The third kappa shape index (κ3) is 3.09. The molecular weight excluding hydrogens is 209 g/mol. The van der Waals surface area contributed by atoms with Crippen molar-refractivity contribution in [3.63, 3.8) is 0 Å². The number of hydrogen-bond acceptors (Lipinski definition) is 3. The Bertz CT molecular complexity index is 165. The maximum Gasteiger partial charge on any atom is 0.131 e. The van der Waals surface area contributed by atoms with Crippen LogP contribution in [-0.2, 0) is 8.92 Å². The fourth-order valence-corrected chi connectivity index (χ4v) is 2.11. The summed E-state index contributed by atoms with van der Waals surface area (Å²) in [5, 5.41) is 0. The molecule has 13 heavy (non-hydrogen) atoms. The zero-order valence-electron chi connectivity index (χ0n) is 7.70. The standard InChI is InChI=1S/C7H13BFO2PS/c1-4-6(3-10-13-12-8)11-5(2)7(4)9/h4-7,12H,3H2,1-2H3. The molecule has 74 valence electrons. The van der Waals surface area contributed by atoms with Crippen LogP contribution in [0.4, 0.5) is 4.39 Å². The predicted octanol–water partition coefficient (Wildman–Crippen LogP) is 2.09. The topological polar surface area (TPSA) is 18.5 Å². The second-order valence-electron chi connectivity index (χ2n) is 3.17. The van der Waals surface area contributed by atoms with E-state index in [2.05, 4.69) is 0 Å². The van der Waals surface area contributed by atoms with Gasteiger partial charge in [-0.2, -0.15) is 0 Å². The molecule has 1 saturated heterocycles. The van der Waals surface area contributed by atoms with E-state index in [-0.39, 0.29) is 25.8 Å². The van der Waals surface area contributed by atoms with Crippen LogP contribution in [0.2, 0.25) is 0 Å². The van der Waals surface area contributed by atoms with Gasteiger partial charge in [-0.3, -0.25) is 0 Å². The zero-order valence-corrected chi connectivity index (χ0v) is 9.51. The van der Waals surface area contributed by atoms with Crippen LogP contribution in [-0.4, -0.2) is 32.6 Å². The molecule has 0 aliphatic carbocycles. The maximum atomic E-state index is 13.3. The van der Waals surface area contributed by atoms with Crippen LogP contribution in [0.1, 0.15) is 13.8 Å². The highest BCUT2D eigenvalue weighted by Gasteiger charge is 2.39. The molecule has 1 heterocycles. The first-order chi connectivity index (χ1) is 6.16. The summed E-state index contributed by atoms with van der Waals surface area (Å²) in [6.45, 7) is 4.01. The van der Waals surface area contributed by atoms with Crippen molar-refractivity contribution in [1.29, 1.82) is 0 Å². The first kappa shape index (κ1) is 11.8. The lowest BCUT2D eigenvalue weighted by Gasteiger charge is -2.13. The van der Waals surface area contributed by atoms with Gasteiger partial charge >= 0.3 is 0 Å². The van der Waals surface area contributed by atoms with E-state index in [1.165, 1.54) is 11.7 Å². The lowest BCUT2D eigenvalue weighted by Crippen LogP contribution is -2.22. The lowest BCUT2D eigenvalue weighted by molar-refractivity contribution is 0.0152. The van der Waals surface area contributed by atoms with Gasteiger partial charge in [0.25, 0.3) is 0 Å². The van der Waals surface area contributed by atoms with Crippen molar-refractivity contribution in [2.24, 2.45) is 5.92 Å². The Balaban J connectivity index is 2.27. The van der Waals surface area contributed by atoms with Gasteiger partial charge in [0.05, 0.1) is 18.8 Å². The normalized spacial score (nSPS) is 40.5. The van der Waals surface area contributed by atoms with Gasteiger partial charge in [-0.1, -0.05) is 14.6 Å². The molecule has 0 spiro atoms. The Morgan fingerprint density at radius 3 is 2.77 bits per heavy atom. The van der Waals surface area contributed by atoms with E-state index in [1.54, 1.807) is 6.92 Å². The van der Waals surface area contributed by atoms with Gasteiger partial charge < -0.3 is 8.92 Å². The van der Waals surface area contributed by atoms with Crippen molar-refractivity contribution in [2.75, 3.05) is 6.61 Å². The van der Waals surface area contributed by atoms with Crippen molar-refractivity contribution in [1.82, 2.24) is 0 Å². The van der Waals surface area contributed by atoms with Gasteiger partial charge in [0.1, 0.15) is 13.7 Å². The smallest absolute Gasteiger partial charge is 0.131 e. The summed E-state index contributed by atoms with van der Waals surface area (Å²) >= 11 is 1.20. The second-order valence-corrected chi connectivity index (χ2v) is 5.01. The highest BCUT2D eigenvalue weighted by molar-refractivity contribution is 8.53. The van der Waals surface area contributed by atoms with Gasteiger partial charge in [-0.25, -0.2) is 4.39 Å². The number of hydrogen-bond donors (Lipinski definition) is 0. The van der Waals surface area contributed by atoms with Crippen LogP contribution >= 0.6 is 19.3 Å². The summed E-state index contributed by atoms with van der Waals surface area (Å²) in [5.41, 5.74) is 0. The van der Waals surface area contributed by atoms with Crippen molar-refractivity contribution in [3.8, 4) is 0 Å². The molecule has 0 aromatic rings. The van der Waals surface area contributed by atoms with E-state index in [9.17, 15) is 4.39 Å². The molecule has 5 unspecified atom stereocenters. The van der Waals surface area contributed by atoms with Gasteiger partial charge in [-0.05, 0) is 6.92 Å². The van der Waals surface area contributed by atoms with Crippen LogP contribution in [0.3, 0.4) is 0 Å². The molecule has 1 fully saturated rings. The SMILES string of the molecule is [B]PSOCC1OC(C)C(F)C1C. The van der Waals surface area contributed by atoms with E-state index < -0.39 is 6.17 Å². The molecule has 5 atom stereocenters. The quantitative estimate of drug-likeness (QED) is 0.314. The Labute approximate surface area is 85.4 Å². The van der Waals surface area contributed by atoms with Crippen LogP contribution in [0.15, 0.2) is 0 Å². The molecule has 2 nitrogen and oxygen atoms in total. The molecule has 1 aliphatic rings. The summed E-state index contributed by atoms with van der Waals surface area (Å²) in [6.07, 6.45) is -1.32. The molecule has 0 aromatic heterocycles. The number of rotatable bonds is 4. The summed E-state index contributed by atoms with van der Waals surface area (Å²) in [5.74, 6) is -0.0864. The molecule has 0 saturated carbocycles. The predicted molar refractivity (Wildman–Crippen MR) is 56.0 cm³/mol. The molecular formula is C7H13BFO2PS. The van der Waals surface area contributed by atoms with Crippen molar-refractivity contribution < 1.29 is 13.3 Å². The summed E-state index contributed by atoms with van der Waals surface area (Å²) in [7, 11) is 5.46. The molecule has 1 aliphatic heterocycles. The largest absolute Gasteiger partial charge is 0.369 e. The Morgan fingerprint density at radius 2 is 2.31 bits per heavy atom. The minimum atomic E-state index is -0.876. The van der Waals surface area contributed by atoms with Crippen molar-refractivity contribution in [2.45, 2.75) is 32.2 Å². The van der Waals surface area contributed by atoms with Gasteiger partial charge in [0.15, 0.2) is 0 Å². The highest BCUT2D eigenvalue weighted by Crippen LogP contribution is 2.32. The highest BCUT2D eigenvalue weighted by atomic mass is 32.7. The maximum absolute atomic E-state index is 13.3. The molecule has 0 bridgehead atoms. The van der Waals surface area contributed by atoms with E-state index >= 15 is 0 Å². The van der Waals surface area contributed by atoms with E-state index in [0.717, 1.165) is 0 Å². The summed E-state index contributed by atoms with van der Waals surface area (Å²) < 4.78 is 23.8. The molecule has 6 heteroatoms. The number of halogens is 1. The first-order valence-electron chi connectivity index (χ1n) is 4.20. The Kier molecular flexibility index (Phi) is 5.02. The monoisotopic (exact) mass is 222 g/mol. The third-order valence-corrected chi connectivity index (χ3v) is 3.26. The van der Waals surface area contributed by atoms with Crippen LogP contribution in [0.25, 0.3) is 0 Å². The Hall–Kier alpha value is 0.695. The van der Waals surface area contributed by atoms with E-state index in [1.807, 2.05) is 6.92 Å². The first-order valence-corrected chi connectivity index (χ1v) is 6.74. The van der Waals surface area contributed by atoms with Crippen molar-refractivity contribution >= 4 is 26.9 Å². The zero-order chi connectivity index (χ0) is 9.84. The van der Waals surface area contributed by atoms with Crippen LogP contribution in [0.5, 0.6) is 0 Å². The fraction of sp³-hybridized carbons (Fsp3) is 1.00. The molecule has 0 amide bonds. The fourth-order valence-electron chi connectivity index (χ4n) is 1.43.